The van der Waals surface area contributed by atoms with Crippen LogP contribution in [0.25, 0.3) is 10.2 Å². The largest absolute Gasteiger partial charge is 0.303 e. The zero-order valence-corrected chi connectivity index (χ0v) is 14.1. The number of aromatic nitrogens is 1. The Morgan fingerprint density at radius 1 is 1.22 bits per heavy atom. The summed E-state index contributed by atoms with van der Waals surface area (Å²) in [6.45, 7) is 0.251. The van der Waals surface area contributed by atoms with E-state index in [-0.39, 0.29) is 12.5 Å². The van der Waals surface area contributed by atoms with Crippen molar-refractivity contribution in [2.45, 2.75) is 6.54 Å². The normalized spacial score (nSPS) is 11.6. The SMILES string of the molecule is C#CCn1c(=NC(=O)c2ccccc2)sc2ccc(Cl)c(Cl)c21. The van der Waals surface area contributed by atoms with Crippen LogP contribution in [0.2, 0.25) is 10.0 Å². The van der Waals surface area contributed by atoms with E-state index >= 15 is 0 Å². The molecule has 1 aromatic heterocycles. The fraction of sp³-hybridized carbons (Fsp3) is 0.0588. The van der Waals surface area contributed by atoms with Crippen LogP contribution in [0, 0.1) is 12.3 Å². The molecule has 0 spiro atoms. The number of halogens is 2. The Kier molecular flexibility index (Phi) is 4.53. The highest BCUT2D eigenvalue weighted by molar-refractivity contribution is 7.16. The van der Waals surface area contributed by atoms with Crippen molar-refractivity contribution in [1.82, 2.24) is 4.57 Å². The van der Waals surface area contributed by atoms with Crippen molar-refractivity contribution in [3.05, 3.63) is 62.9 Å². The maximum Gasteiger partial charge on any atom is 0.279 e. The third kappa shape index (κ3) is 3.04. The second-order valence-electron chi connectivity index (χ2n) is 4.67. The first kappa shape index (κ1) is 15.8. The van der Waals surface area contributed by atoms with Crippen LogP contribution in [0.15, 0.2) is 47.5 Å². The van der Waals surface area contributed by atoms with Crippen molar-refractivity contribution >= 4 is 50.7 Å². The fourth-order valence-electron chi connectivity index (χ4n) is 2.16. The standard InChI is InChI=1S/C17H10Cl2N2OS/c1-2-10-21-15-13(9-8-12(18)14(15)19)23-17(21)20-16(22)11-6-4-3-5-7-11/h1,3-9H,10H2. The molecule has 0 aliphatic carbocycles. The summed E-state index contributed by atoms with van der Waals surface area (Å²) in [4.78, 5) is 17.0. The van der Waals surface area contributed by atoms with Gasteiger partial charge in [0.2, 0.25) is 0 Å². The second kappa shape index (κ2) is 6.59. The highest BCUT2D eigenvalue weighted by Gasteiger charge is 2.13. The average molecular weight is 361 g/mol. The topological polar surface area (TPSA) is 34.4 Å². The zero-order valence-electron chi connectivity index (χ0n) is 11.8. The quantitative estimate of drug-likeness (QED) is 0.624. The molecule has 0 saturated carbocycles. The van der Waals surface area contributed by atoms with Gasteiger partial charge in [0.15, 0.2) is 4.80 Å². The van der Waals surface area contributed by atoms with Gasteiger partial charge in [0, 0.05) is 5.56 Å². The van der Waals surface area contributed by atoms with E-state index in [0.29, 0.717) is 25.9 Å². The molecular weight excluding hydrogens is 351 g/mol. The molecule has 0 aliphatic heterocycles. The summed E-state index contributed by atoms with van der Waals surface area (Å²) in [5.41, 5.74) is 1.21. The lowest BCUT2D eigenvalue weighted by molar-refractivity contribution is 0.0998. The molecule has 0 bridgehead atoms. The molecule has 3 nitrogen and oxygen atoms in total. The number of nitrogens with zero attached hydrogens (tertiary/aromatic N) is 2. The summed E-state index contributed by atoms with van der Waals surface area (Å²) in [6, 6.07) is 12.4. The van der Waals surface area contributed by atoms with Gasteiger partial charge in [-0.05, 0) is 24.3 Å². The zero-order chi connectivity index (χ0) is 16.4. The minimum absolute atomic E-state index is 0.251. The van der Waals surface area contributed by atoms with Gasteiger partial charge in [0.1, 0.15) is 0 Å². The number of benzene rings is 2. The van der Waals surface area contributed by atoms with Crippen molar-refractivity contribution in [1.29, 1.82) is 0 Å². The molecule has 1 amide bonds. The monoisotopic (exact) mass is 360 g/mol. The van der Waals surface area contributed by atoms with Crippen LogP contribution in [0.1, 0.15) is 10.4 Å². The molecule has 2 aromatic carbocycles. The molecular formula is C17H10Cl2N2OS. The van der Waals surface area contributed by atoms with E-state index in [1.807, 2.05) is 12.1 Å². The van der Waals surface area contributed by atoms with Gasteiger partial charge in [-0.25, -0.2) is 0 Å². The summed E-state index contributed by atoms with van der Waals surface area (Å²) >= 11 is 13.7. The molecule has 0 radical (unpaired) electrons. The summed E-state index contributed by atoms with van der Waals surface area (Å²) in [5.74, 6) is 2.23. The molecule has 3 rings (SSSR count). The lowest BCUT2D eigenvalue weighted by atomic mass is 10.2. The van der Waals surface area contributed by atoms with Crippen molar-refractivity contribution in [2.24, 2.45) is 4.99 Å². The van der Waals surface area contributed by atoms with Crippen molar-refractivity contribution < 1.29 is 4.79 Å². The van der Waals surface area contributed by atoms with E-state index < -0.39 is 0 Å². The molecule has 6 heteroatoms. The molecule has 0 aliphatic rings. The van der Waals surface area contributed by atoms with E-state index in [4.69, 9.17) is 29.6 Å². The van der Waals surface area contributed by atoms with Crippen LogP contribution in [-0.2, 0) is 6.54 Å². The number of terminal acetylenes is 1. The number of rotatable bonds is 2. The van der Waals surface area contributed by atoms with Gasteiger partial charge < -0.3 is 4.57 Å². The number of carbonyl (C=O) groups excluding carboxylic acids is 1. The Bertz CT molecular complexity index is 997. The highest BCUT2D eigenvalue weighted by Crippen LogP contribution is 2.32. The number of amides is 1. The molecule has 114 valence electrons. The Morgan fingerprint density at radius 2 is 1.96 bits per heavy atom. The number of thiazole rings is 1. The average Bonchev–Trinajstić information content (AvgIpc) is 2.90. The van der Waals surface area contributed by atoms with Gasteiger partial charge in [-0.2, -0.15) is 4.99 Å². The van der Waals surface area contributed by atoms with Gasteiger partial charge in [0.05, 0.1) is 26.8 Å². The molecule has 0 saturated heterocycles. The summed E-state index contributed by atoms with van der Waals surface area (Å²) in [6.07, 6.45) is 5.44. The lowest BCUT2D eigenvalue weighted by Crippen LogP contribution is -2.16. The molecule has 23 heavy (non-hydrogen) atoms. The third-order valence-electron chi connectivity index (χ3n) is 3.20. The number of fused-ring (bicyclic) bond motifs is 1. The minimum atomic E-state index is -0.329. The van der Waals surface area contributed by atoms with E-state index in [9.17, 15) is 4.79 Å². The molecule has 0 N–H and O–H groups in total. The Morgan fingerprint density at radius 3 is 2.65 bits per heavy atom. The van der Waals surface area contributed by atoms with Crippen LogP contribution in [0.4, 0.5) is 0 Å². The van der Waals surface area contributed by atoms with Crippen LogP contribution < -0.4 is 4.80 Å². The van der Waals surface area contributed by atoms with E-state index in [1.54, 1.807) is 34.9 Å². The Labute approximate surface area is 146 Å². The highest BCUT2D eigenvalue weighted by atomic mass is 35.5. The van der Waals surface area contributed by atoms with Crippen molar-refractivity contribution in [3.63, 3.8) is 0 Å². The van der Waals surface area contributed by atoms with Gasteiger partial charge in [0.25, 0.3) is 5.91 Å². The molecule has 0 atom stereocenters. The second-order valence-corrected chi connectivity index (χ2v) is 6.46. The van der Waals surface area contributed by atoms with Crippen molar-refractivity contribution in [3.8, 4) is 12.3 Å². The fourth-order valence-corrected chi connectivity index (χ4v) is 3.67. The van der Waals surface area contributed by atoms with Crippen LogP contribution in [-0.4, -0.2) is 10.5 Å². The predicted molar refractivity (Wildman–Crippen MR) is 95.0 cm³/mol. The van der Waals surface area contributed by atoms with Gasteiger partial charge in [-0.3, -0.25) is 4.79 Å². The number of carbonyl (C=O) groups is 1. The maximum atomic E-state index is 12.3. The maximum absolute atomic E-state index is 12.3. The van der Waals surface area contributed by atoms with Gasteiger partial charge in [-0.15, -0.1) is 6.42 Å². The Hall–Kier alpha value is -2.06. The van der Waals surface area contributed by atoms with Gasteiger partial charge in [-0.1, -0.05) is 58.7 Å². The van der Waals surface area contributed by atoms with Crippen molar-refractivity contribution in [2.75, 3.05) is 0 Å². The molecule has 3 aromatic rings. The summed E-state index contributed by atoms with van der Waals surface area (Å²) in [7, 11) is 0. The van der Waals surface area contributed by atoms with E-state index in [0.717, 1.165) is 4.70 Å². The summed E-state index contributed by atoms with van der Waals surface area (Å²) < 4.78 is 2.60. The van der Waals surface area contributed by atoms with Crippen LogP contribution in [0.3, 0.4) is 0 Å². The van der Waals surface area contributed by atoms with E-state index in [2.05, 4.69) is 10.9 Å². The first-order valence-corrected chi connectivity index (χ1v) is 8.24. The van der Waals surface area contributed by atoms with E-state index in [1.165, 1.54) is 11.3 Å². The Balaban J connectivity index is 2.23. The summed E-state index contributed by atoms with van der Waals surface area (Å²) in [5, 5.41) is 0.841. The molecule has 0 fully saturated rings. The van der Waals surface area contributed by atoms with Crippen LogP contribution in [0.5, 0.6) is 0 Å². The molecule has 0 unspecified atom stereocenters. The smallest absolute Gasteiger partial charge is 0.279 e. The first-order valence-electron chi connectivity index (χ1n) is 6.66. The predicted octanol–water partition coefficient (Wildman–Crippen LogP) is 4.38. The number of hydrogen-bond acceptors (Lipinski definition) is 2. The molecule has 1 heterocycles. The first-order chi connectivity index (χ1) is 11.1. The van der Waals surface area contributed by atoms with Crippen LogP contribution >= 0.6 is 34.5 Å². The third-order valence-corrected chi connectivity index (χ3v) is 5.04. The minimum Gasteiger partial charge on any atom is -0.303 e. The number of hydrogen-bond donors (Lipinski definition) is 0. The van der Waals surface area contributed by atoms with Gasteiger partial charge >= 0.3 is 0 Å². The lowest BCUT2D eigenvalue weighted by Gasteiger charge is -2.03.